The second-order valence-corrected chi connectivity index (χ2v) is 7.01. The topological polar surface area (TPSA) is 71.3 Å². The van der Waals surface area contributed by atoms with Gasteiger partial charge in [-0.05, 0) is 18.2 Å². The van der Waals surface area contributed by atoms with Crippen LogP contribution in [0, 0.1) is 0 Å². The molecule has 2 heterocycles. The lowest BCUT2D eigenvalue weighted by molar-refractivity contribution is 0.0389. The van der Waals surface area contributed by atoms with Crippen LogP contribution < -0.4 is 15.4 Å². The number of morpholine rings is 1. The van der Waals surface area contributed by atoms with Gasteiger partial charge >= 0.3 is 0 Å². The first-order chi connectivity index (χ1) is 14.8. The van der Waals surface area contributed by atoms with E-state index in [1.54, 1.807) is 12.3 Å². The molecule has 1 aliphatic heterocycles. The van der Waals surface area contributed by atoms with Crippen molar-refractivity contribution in [2.24, 2.45) is 4.99 Å². The third-order valence-corrected chi connectivity index (χ3v) is 4.80. The fourth-order valence-corrected chi connectivity index (χ4v) is 3.18. The van der Waals surface area contributed by atoms with Crippen molar-refractivity contribution in [3.05, 3.63) is 66.6 Å². The highest BCUT2D eigenvalue weighted by atomic mass is 16.5. The summed E-state index contributed by atoms with van der Waals surface area (Å²) in [6.07, 6.45) is 4.25. The normalized spacial score (nSPS) is 15.0. The molecule has 1 saturated heterocycles. The molecule has 2 aromatic rings. The van der Waals surface area contributed by atoms with E-state index in [-0.39, 0.29) is 0 Å². The van der Waals surface area contributed by atoms with E-state index < -0.39 is 0 Å². The Labute approximate surface area is 178 Å². The van der Waals surface area contributed by atoms with Crippen molar-refractivity contribution in [3.63, 3.8) is 0 Å². The summed E-state index contributed by atoms with van der Waals surface area (Å²) in [5, 5.41) is 6.86. The van der Waals surface area contributed by atoms with Crippen molar-refractivity contribution in [1.29, 1.82) is 0 Å². The zero-order valence-corrected chi connectivity index (χ0v) is 17.5. The molecule has 7 nitrogen and oxygen atoms in total. The molecule has 0 spiro atoms. The van der Waals surface area contributed by atoms with Gasteiger partial charge in [0, 0.05) is 44.7 Å². The molecule has 2 N–H and O–H groups in total. The van der Waals surface area contributed by atoms with Crippen molar-refractivity contribution in [2.75, 3.05) is 52.5 Å². The molecule has 0 radical (unpaired) electrons. The minimum atomic E-state index is 0.479. The fraction of sp³-hybridized carbons (Fsp3) is 0.435. The van der Waals surface area contributed by atoms with Crippen LogP contribution in [-0.4, -0.2) is 63.4 Å². The largest absolute Gasteiger partial charge is 0.489 e. The maximum atomic E-state index is 5.75. The van der Waals surface area contributed by atoms with Crippen molar-refractivity contribution in [2.45, 2.75) is 13.0 Å². The third kappa shape index (κ3) is 7.57. The first-order valence-electron chi connectivity index (χ1n) is 10.5. The monoisotopic (exact) mass is 412 g/mol. The molecule has 0 bridgehead atoms. The number of para-hydroxylation sites is 1. The molecular weight excluding hydrogens is 380 g/mol. The highest BCUT2D eigenvalue weighted by molar-refractivity contribution is 5.79. The lowest BCUT2D eigenvalue weighted by Gasteiger charge is -2.26. The smallest absolute Gasteiger partial charge is 0.191 e. The number of hydrogen-bond donors (Lipinski definition) is 2. The van der Waals surface area contributed by atoms with Crippen LogP contribution in [0.4, 0.5) is 0 Å². The number of furan rings is 1. The zero-order valence-electron chi connectivity index (χ0n) is 17.5. The average Bonchev–Trinajstić information content (AvgIpc) is 3.30. The standard InChI is InChI=1S/C23H32N4O3/c1-2-15-30-22-8-4-3-6-20(22)19-26-23(24-10-9-21-7-5-16-29-21)25-11-12-27-13-17-28-18-14-27/h2-8,16H,1,9-15,17-19H2,(H2,24,25,26). The molecule has 3 rings (SSSR count). The molecule has 30 heavy (non-hydrogen) atoms. The Kier molecular flexibility index (Phi) is 9.30. The van der Waals surface area contributed by atoms with Gasteiger partial charge in [0.2, 0.25) is 0 Å². The average molecular weight is 413 g/mol. The summed E-state index contributed by atoms with van der Waals surface area (Å²) < 4.78 is 16.6. The number of benzene rings is 1. The Bertz CT molecular complexity index is 771. The van der Waals surface area contributed by atoms with Gasteiger partial charge in [0.1, 0.15) is 18.1 Å². The summed E-state index contributed by atoms with van der Waals surface area (Å²) in [5.41, 5.74) is 1.04. The maximum absolute atomic E-state index is 5.75. The first-order valence-corrected chi connectivity index (χ1v) is 10.5. The summed E-state index contributed by atoms with van der Waals surface area (Å²) in [6.45, 7) is 10.8. The predicted octanol–water partition coefficient (Wildman–Crippen LogP) is 2.45. The highest BCUT2D eigenvalue weighted by Gasteiger charge is 2.10. The first kappa shape index (κ1) is 21.9. The van der Waals surface area contributed by atoms with E-state index in [1.165, 1.54) is 0 Å². The summed E-state index contributed by atoms with van der Waals surface area (Å²) in [7, 11) is 0. The SMILES string of the molecule is C=CCOc1ccccc1CN=C(NCCc1ccco1)NCCN1CCOCC1. The van der Waals surface area contributed by atoms with Crippen LogP contribution in [-0.2, 0) is 17.7 Å². The minimum Gasteiger partial charge on any atom is -0.489 e. The number of rotatable bonds is 11. The molecule has 0 saturated carbocycles. The minimum absolute atomic E-state index is 0.479. The maximum Gasteiger partial charge on any atom is 0.191 e. The van der Waals surface area contributed by atoms with Crippen molar-refractivity contribution in [1.82, 2.24) is 15.5 Å². The molecule has 1 fully saturated rings. The van der Waals surface area contributed by atoms with E-state index >= 15 is 0 Å². The van der Waals surface area contributed by atoms with Crippen LogP contribution in [0.2, 0.25) is 0 Å². The summed E-state index contributed by atoms with van der Waals surface area (Å²) >= 11 is 0. The van der Waals surface area contributed by atoms with E-state index in [9.17, 15) is 0 Å². The summed E-state index contributed by atoms with van der Waals surface area (Å²) in [6, 6.07) is 11.9. The number of ether oxygens (including phenoxy) is 2. The van der Waals surface area contributed by atoms with Crippen molar-refractivity contribution >= 4 is 5.96 Å². The molecular formula is C23H32N4O3. The molecule has 1 aromatic heterocycles. The Morgan fingerprint density at radius 1 is 1.13 bits per heavy atom. The van der Waals surface area contributed by atoms with Gasteiger partial charge in [0.05, 0.1) is 26.0 Å². The molecule has 1 aliphatic rings. The number of hydrogen-bond acceptors (Lipinski definition) is 5. The fourth-order valence-electron chi connectivity index (χ4n) is 3.18. The van der Waals surface area contributed by atoms with E-state index in [0.29, 0.717) is 13.2 Å². The van der Waals surface area contributed by atoms with Crippen molar-refractivity contribution < 1.29 is 13.9 Å². The number of nitrogens with zero attached hydrogens (tertiary/aromatic N) is 2. The van der Waals surface area contributed by atoms with Gasteiger partial charge in [0.15, 0.2) is 5.96 Å². The van der Waals surface area contributed by atoms with Gasteiger partial charge in [-0.25, -0.2) is 4.99 Å². The van der Waals surface area contributed by atoms with Crippen LogP contribution in [0.15, 0.2) is 64.7 Å². The molecule has 1 aromatic carbocycles. The van der Waals surface area contributed by atoms with Crippen LogP contribution in [0.3, 0.4) is 0 Å². The lowest BCUT2D eigenvalue weighted by Crippen LogP contribution is -2.44. The Morgan fingerprint density at radius 2 is 1.97 bits per heavy atom. The van der Waals surface area contributed by atoms with E-state index in [1.807, 2.05) is 36.4 Å². The lowest BCUT2D eigenvalue weighted by atomic mass is 10.2. The van der Waals surface area contributed by atoms with Gasteiger partial charge in [0.25, 0.3) is 0 Å². The Balaban J connectivity index is 1.56. The molecule has 0 unspecified atom stereocenters. The number of guanidine groups is 1. The van der Waals surface area contributed by atoms with Gasteiger partial charge in [-0.2, -0.15) is 0 Å². The highest BCUT2D eigenvalue weighted by Crippen LogP contribution is 2.18. The predicted molar refractivity (Wildman–Crippen MR) is 119 cm³/mol. The van der Waals surface area contributed by atoms with Gasteiger partial charge in [-0.3, -0.25) is 4.90 Å². The van der Waals surface area contributed by atoms with Gasteiger partial charge in [-0.15, -0.1) is 0 Å². The zero-order chi connectivity index (χ0) is 20.9. The molecule has 7 heteroatoms. The van der Waals surface area contributed by atoms with Crippen LogP contribution in [0.25, 0.3) is 0 Å². The third-order valence-electron chi connectivity index (χ3n) is 4.80. The molecule has 0 atom stereocenters. The van der Waals surface area contributed by atoms with Crippen LogP contribution >= 0.6 is 0 Å². The molecule has 162 valence electrons. The van der Waals surface area contributed by atoms with Crippen molar-refractivity contribution in [3.8, 4) is 5.75 Å². The quantitative estimate of drug-likeness (QED) is 0.336. The Morgan fingerprint density at radius 3 is 2.77 bits per heavy atom. The summed E-state index contributed by atoms with van der Waals surface area (Å²) in [5.74, 6) is 2.58. The van der Waals surface area contributed by atoms with Crippen LogP contribution in [0.5, 0.6) is 5.75 Å². The second kappa shape index (κ2) is 12.7. The molecule has 0 aliphatic carbocycles. The Hall–Kier alpha value is -2.77. The van der Waals surface area contributed by atoms with E-state index in [2.05, 4.69) is 22.1 Å². The van der Waals surface area contributed by atoms with Gasteiger partial charge in [-0.1, -0.05) is 30.9 Å². The molecule has 0 amide bonds. The van der Waals surface area contributed by atoms with E-state index in [0.717, 1.165) is 75.4 Å². The second-order valence-electron chi connectivity index (χ2n) is 7.01. The number of aliphatic imine (C=N–C) groups is 1. The number of nitrogens with one attached hydrogen (secondary N) is 2. The van der Waals surface area contributed by atoms with Crippen LogP contribution in [0.1, 0.15) is 11.3 Å². The van der Waals surface area contributed by atoms with E-state index in [4.69, 9.17) is 18.9 Å². The van der Waals surface area contributed by atoms with Gasteiger partial charge < -0.3 is 24.5 Å². The summed E-state index contributed by atoms with van der Waals surface area (Å²) in [4.78, 5) is 7.18.